The lowest BCUT2D eigenvalue weighted by molar-refractivity contribution is -0.107. The predicted octanol–water partition coefficient (Wildman–Crippen LogP) is 1.13. The van der Waals surface area contributed by atoms with Gasteiger partial charge in [-0.1, -0.05) is 6.07 Å². The van der Waals surface area contributed by atoms with Crippen molar-refractivity contribution < 1.29 is 4.79 Å². The Hall–Kier alpha value is -1.18. The average Bonchev–Trinajstić information content (AvgIpc) is 1.88. The predicted molar refractivity (Wildman–Crippen MR) is 38.7 cm³/mol. The number of pyridine rings is 1. The molecule has 1 rings (SSSR count). The first kappa shape index (κ1) is 6.93. The summed E-state index contributed by atoms with van der Waals surface area (Å²) in [7, 11) is 0. The van der Waals surface area contributed by atoms with Gasteiger partial charge in [0, 0.05) is 17.8 Å². The zero-order valence-corrected chi connectivity index (χ0v) is 5.87. The standard InChI is InChI=1S/C8H9NO/c1-7-3-2-4-8(9-7)5-6-10/h2-4,6H,5H2,1H3. The highest BCUT2D eigenvalue weighted by molar-refractivity contribution is 5.53. The summed E-state index contributed by atoms with van der Waals surface area (Å²) in [6, 6.07) is 5.66. The Morgan fingerprint density at radius 1 is 1.60 bits per heavy atom. The Balaban J connectivity index is 2.84. The Bertz CT molecular complexity index is 232. The minimum Gasteiger partial charge on any atom is -0.303 e. The number of nitrogens with zero attached hydrogens (tertiary/aromatic N) is 1. The highest BCUT2D eigenvalue weighted by Crippen LogP contribution is 1.96. The maximum absolute atomic E-state index is 10.0. The Morgan fingerprint density at radius 3 is 3.00 bits per heavy atom. The van der Waals surface area contributed by atoms with Gasteiger partial charge in [-0.3, -0.25) is 4.98 Å². The molecule has 1 aromatic heterocycles. The van der Waals surface area contributed by atoms with E-state index in [0.29, 0.717) is 6.42 Å². The number of carbonyl (C=O) groups is 1. The molecule has 0 radical (unpaired) electrons. The van der Waals surface area contributed by atoms with Crippen LogP contribution in [-0.2, 0) is 11.2 Å². The summed E-state index contributed by atoms with van der Waals surface area (Å²) in [5.41, 5.74) is 1.80. The number of hydrogen-bond acceptors (Lipinski definition) is 2. The Morgan fingerprint density at radius 2 is 2.40 bits per heavy atom. The largest absolute Gasteiger partial charge is 0.303 e. The zero-order chi connectivity index (χ0) is 7.40. The first-order valence-corrected chi connectivity index (χ1v) is 3.19. The van der Waals surface area contributed by atoms with Gasteiger partial charge < -0.3 is 4.79 Å². The van der Waals surface area contributed by atoms with Gasteiger partial charge in [0.15, 0.2) is 0 Å². The lowest BCUT2D eigenvalue weighted by atomic mass is 10.2. The lowest BCUT2D eigenvalue weighted by Crippen LogP contribution is -1.91. The van der Waals surface area contributed by atoms with Gasteiger partial charge in [-0.2, -0.15) is 0 Å². The molecule has 0 aliphatic rings. The van der Waals surface area contributed by atoms with Crippen molar-refractivity contribution in [2.45, 2.75) is 13.3 Å². The molecular weight excluding hydrogens is 126 g/mol. The molecular formula is C8H9NO. The fourth-order valence-electron chi connectivity index (χ4n) is 0.799. The second-order valence-corrected chi connectivity index (χ2v) is 2.14. The number of carbonyl (C=O) groups excluding carboxylic acids is 1. The van der Waals surface area contributed by atoms with Crippen molar-refractivity contribution in [3.63, 3.8) is 0 Å². The molecule has 2 nitrogen and oxygen atoms in total. The van der Waals surface area contributed by atoms with Crippen molar-refractivity contribution in [3.8, 4) is 0 Å². The monoisotopic (exact) mass is 135 g/mol. The van der Waals surface area contributed by atoms with Crippen LogP contribution in [0, 0.1) is 6.92 Å². The number of hydrogen-bond donors (Lipinski definition) is 0. The van der Waals surface area contributed by atoms with Gasteiger partial charge in [0.05, 0.1) is 0 Å². The summed E-state index contributed by atoms with van der Waals surface area (Å²) < 4.78 is 0. The molecule has 10 heavy (non-hydrogen) atoms. The molecule has 52 valence electrons. The third-order valence-electron chi connectivity index (χ3n) is 1.24. The van der Waals surface area contributed by atoms with E-state index in [1.807, 2.05) is 25.1 Å². The molecule has 0 unspecified atom stereocenters. The summed E-state index contributed by atoms with van der Waals surface area (Å²) in [4.78, 5) is 14.2. The highest BCUT2D eigenvalue weighted by Gasteiger charge is 1.90. The van der Waals surface area contributed by atoms with Crippen LogP contribution in [0.25, 0.3) is 0 Å². The number of aryl methyl sites for hydroxylation is 1. The van der Waals surface area contributed by atoms with Crippen LogP contribution in [0.15, 0.2) is 18.2 Å². The topological polar surface area (TPSA) is 30.0 Å². The van der Waals surface area contributed by atoms with Crippen LogP contribution in [0.1, 0.15) is 11.4 Å². The average molecular weight is 135 g/mol. The summed E-state index contributed by atoms with van der Waals surface area (Å²) >= 11 is 0. The molecule has 0 N–H and O–H groups in total. The second kappa shape index (κ2) is 3.11. The van der Waals surface area contributed by atoms with E-state index < -0.39 is 0 Å². The van der Waals surface area contributed by atoms with Crippen LogP contribution < -0.4 is 0 Å². The van der Waals surface area contributed by atoms with E-state index in [-0.39, 0.29) is 0 Å². The van der Waals surface area contributed by atoms with E-state index in [2.05, 4.69) is 4.98 Å². The molecule has 1 aromatic rings. The number of aldehydes is 1. The normalized spacial score (nSPS) is 9.30. The molecule has 0 saturated carbocycles. The molecule has 0 saturated heterocycles. The summed E-state index contributed by atoms with van der Waals surface area (Å²) in [6.07, 6.45) is 1.28. The summed E-state index contributed by atoms with van der Waals surface area (Å²) in [6.45, 7) is 1.91. The second-order valence-electron chi connectivity index (χ2n) is 2.14. The molecule has 0 aliphatic heterocycles. The molecule has 2 heteroatoms. The first-order chi connectivity index (χ1) is 4.83. The minimum absolute atomic E-state index is 0.418. The SMILES string of the molecule is Cc1cccc(CC=O)n1. The first-order valence-electron chi connectivity index (χ1n) is 3.19. The van der Waals surface area contributed by atoms with Crippen molar-refractivity contribution in [3.05, 3.63) is 29.6 Å². The fourth-order valence-corrected chi connectivity index (χ4v) is 0.799. The van der Waals surface area contributed by atoms with Gasteiger partial charge in [0.1, 0.15) is 6.29 Å². The number of aromatic nitrogens is 1. The Kier molecular flexibility index (Phi) is 2.15. The van der Waals surface area contributed by atoms with Gasteiger partial charge in [0.2, 0.25) is 0 Å². The van der Waals surface area contributed by atoms with Gasteiger partial charge >= 0.3 is 0 Å². The van der Waals surface area contributed by atoms with Crippen LogP contribution in [0.4, 0.5) is 0 Å². The quantitative estimate of drug-likeness (QED) is 0.569. The fraction of sp³-hybridized carbons (Fsp3) is 0.250. The van der Waals surface area contributed by atoms with Gasteiger partial charge in [-0.05, 0) is 19.1 Å². The van der Waals surface area contributed by atoms with Crippen molar-refractivity contribution in [2.75, 3.05) is 0 Å². The third kappa shape index (κ3) is 1.65. The zero-order valence-electron chi connectivity index (χ0n) is 5.87. The Labute approximate surface area is 59.9 Å². The summed E-state index contributed by atoms with van der Waals surface area (Å²) in [5, 5.41) is 0. The lowest BCUT2D eigenvalue weighted by Gasteiger charge is -1.94. The van der Waals surface area contributed by atoms with Gasteiger partial charge in [-0.25, -0.2) is 0 Å². The van der Waals surface area contributed by atoms with E-state index in [9.17, 15) is 4.79 Å². The summed E-state index contributed by atoms with van der Waals surface area (Å²) in [5.74, 6) is 0. The van der Waals surface area contributed by atoms with E-state index >= 15 is 0 Å². The van der Waals surface area contributed by atoms with Crippen LogP contribution in [-0.4, -0.2) is 11.3 Å². The van der Waals surface area contributed by atoms with Crippen molar-refractivity contribution in [1.29, 1.82) is 0 Å². The van der Waals surface area contributed by atoms with Gasteiger partial charge in [0.25, 0.3) is 0 Å². The van der Waals surface area contributed by atoms with Crippen molar-refractivity contribution in [2.24, 2.45) is 0 Å². The minimum atomic E-state index is 0.418. The molecule has 0 bridgehead atoms. The smallest absolute Gasteiger partial charge is 0.125 e. The van der Waals surface area contributed by atoms with Crippen LogP contribution >= 0.6 is 0 Å². The van der Waals surface area contributed by atoms with Crippen molar-refractivity contribution >= 4 is 6.29 Å². The molecule has 0 aromatic carbocycles. The van der Waals surface area contributed by atoms with E-state index in [4.69, 9.17) is 0 Å². The van der Waals surface area contributed by atoms with Gasteiger partial charge in [-0.15, -0.1) is 0 Å². The van der Waals surface area contributed by atoms with Crippen LogP contribution in [0.2, 0.25) is 0 Å². The molecule has 0 fully saturated rings. The maximum atomic E-state index is 10.0. The van der Waals surface area contributed by atoms with E-state index in [0.717, 1.165) is 17.7 Å². The van der Waals surface area contributed by atoms with Crippen molar-refractivity contribution in [1.82, 2.24) is 4.98 Å². The van der Waals surface area contributed by atoms with E-state index in [1.165, 1.54) is 0 Å². The molecule has 0 atom stereocenters. The highest BCUT2D eigenvalue weighted by atomic mass is 16.1. The van der Waals surface area contributed by atoms with Crippen LogP contribution in [0.3, 0.4) is 0 Å². The third-order valence-corrected chi connectivity index (χ3v) is 1.24. The van der Waals surface area contributed by atoms with E-state index in [1.54, 1.807) is 0 Å². The number of rotatable bonds is 2. The maximum Gasteiger partial charge on any atom is 0.125 e. The molecule has 0 aliphatic carbocycles. The van der Waals surface area contributed by atoms with Crippen LogP contribution in [0.5, 0.6) is 0 Å². The molecule has 0 spiro atoms. The molecule has 1 heterocycles. The molecule has 0 amide bonds.